The van der Waals surface area contributed by atoms with Gasteiger partial charge in [0.2, 0.25) is 5.91 Å². The molecule has 2 aliphatic carbocycles. The Bertz CT molecular complexity index is 369. The zero-order valence-corrected chi connectivity index (χ0v) is 8.65. The van der Waals surface area contributed by atoms with E-state index in [0.717, 1.165) is 19.3 Å². The molecule has 3 rings (SSSR count). The number of carbonyl (C=O) groups is 1. The van der Waals surface area contributed by atoms with Gasteiger partial charge in [-0.25, -0.2) is 0 Å². The highest BCUT2D eigenvalue weighted by Gasteiger charge is 2.41. The predicted octanol–water partition coefficient (Wildman–Crippen LogP) is 2.07. The van der Waals surface area contributed by atoms with Crippen LogP contribution in [0.2, 0.25) is 0 Å². The van der Waals surface area contributed by atoms with Crippen molar-refractivity contribution in [2.24, 2.45) is 5.92 Å². The third-order valence-electron chi connectivity index (χ3n) is 3.29. The van der Waals surface area contributed by atoms with Gasteiger partial charge in [-0.1, -0.05) is 30.3 Å². The van der Waals surface area contributed by atoms with Gasteiger partial charge in [0.05, 0.1) is 0 Å². The molecule has 2 atom stereocenters. The van der Waals surface area contributed by atoms with Crippen molar-refractivity contribution in [3.05, 3.63) is 35.9 Å². The lowest BCUT2D eigenvalue weighted by Gasteiger charge is -2.03. The van der Waals surface area contributed by atoms with E-state index in [9.17, 15) is 4.79 Å². The summed E-state index contributed by atoms with van der Waals surface area (Å²) in [5, 5.41) is 3.13. The van der Waals surface area contributed by atoms with Crippen molar-refractivity contribution in [1.29, 1.82) is 0 Å². The molecule has 0 unspecified atom stereocenters. The van der Waals surface area contributed by atoms with E-state index >= 15 is 0 Å². The van der Waals surface area contributed by atoms with Crippen LogP contribution >= 0.6 is 0 Å². The SMILES string of the molecule is O=C(N[C@@H]1C[C@@H]1c1ccccc1)C1CC1. The first kappa shape index (κ1) is 8.96. The average molecular weight is 201 g/mol. The fourth-order valence-corrected chi connectivity index (χ4v) is 2.07. The van der Waals surface area contributed by atoms with Crippen LogP contribution in [0, 0.1) is 5.92 Å². The van der Waals surface area contributed by atoms with Crippen molar-refractivity contribution >= 4 is 5.91 Å². The number of hydrogen-bond donors (Lipinski definition) is 1. The predicted molar refractivity (Wildman–Crippen MR) is 58.5 cm³/mol. The largest absolute Gasteiger partial charge is 0.352 e. The molecule has 2 saturated carbocycles. The molecule has 0 saturated heterocycles. The van der Waals surface area contributed by atoms with E-state index in [2.05, 4.69) is 29.6 Å². The van der Waals surface area contributed by atoms with E-state index in [1.54, 1.807) is 0 Å². The van der Waals surface area contributed by atoms with Gasteiger partial charge in [-0.3, -0.25) is 4.79 Å². The third-order valence-corrected chi connectivity index (χ3v) is 3.29. The Hall–Kier alpha value is -1.31. The van der Waals surface area contributed by atoms with E-state index in [-0.39, 0.29) is 5.91 Å². The molecular weight excluding hydrogens is 186 g/mol. The lowest BCUT2D eigenvalue weighted by Crippen LogP contribution is -2.27. The summed E-state index contributed by atoms with van der Waals surface area (Å²) in [6, 6.07) is 10.9. The Morgan fingerprint density at radius 3 is 2.60 bits per heavy atom. The maximum Gasteiger partial charge on any atom is 0.223 e. The van der Waals surface area contributed by atoms with E-state index in [1.807, 2.05) is 6.07 Å². The lowest BCUT2D eigenvalue weighted by atomic mass is 10.1. The van der Waals surface area contributed by atoms with Gasteiger partial charge < -0.3 is 5.32 Å². The molecule has 1 amide bonds. The molecule has 15 heavy (non-hydrogen) atoms. The van der Waals surface area contributed by atoms with Crippen molar-refractivity contribution in [3.8, 4) is 0 Å². The van der Waals surface area contributed by atoms with Crippen molar-refractivity contribution in [2.75, 3.05) is 0 Å². The number of rotatable bonds is 3. The number of amides is 1. The fraction of sp³-hybridized carbons (Fsp3) is 0.462. The summed E-state index contributed by atoms with van der Waals surface area (Å²) in [6.45, 7) is 0. The van der Waals surface area contributed by atoms with Crippen molar-refractivity contribution in [3.63, 3.8) is 0 Å². The van der Waals surface area contributed by atoms with E-state index in [1.165, 1.54) is 5.56 Å². The quantitative estimate of drug-likeness (QED) is 0.797. The van der Waals surface area contributed by atoms with Crippen LogP contribution in [0.25, 0.3) is 0 Å². The molecule has 2 heteroatoms. The minimum Gasteiger partial charge on any atom is -0.352 e. The van der Waals surface area contributed by atoms with Crippen LogP contribution < -0.4 is 5.32 Å². The maximum atomic E-state index is 11.5. The van der Waals surface area contributed by atoms with E-state index < -0.39 is 0 Å². The molecule has 2 fully saturated rings. The molecule has 0 radical (unpaired) electrons. The first-order valence-corrected chi connectivity index (χ1v) is 5.70. The molecule has 1 aromatic rings. The summed E-state index contributed by atoms with van der Waals surface area (Å²) in [7, 11) is 0. The molecule has 78 valence electrons. The van der Waals surface area contributed by atoms with Crippen LogP contribution in [0.3, 0.4) is 0 Å². The Morgan fingerprint density at radius 1 is 1.20 bits per heavy atom. The summed E-state index contributed by atoms with van der Waals surface area (Å²) in [4.78, 5) is 11.5. The van der Waals surface area contributed by atoms with Crippen LogP contribution in [0.5, 0.6) is 0 Å². The van der Waals surface area contributed by atoms with Gasteiger partial charge in [-0.2, -0.15) is 0 Å². The normalized spacial score (nSPS) is 28.5. The first-order valence-electron chi connectivity index (χ1n) is 5.70. The molecule has 1 N–H and O–H groups in total. The van der Waals surface area contributed by atoms with Crippen LogP contribution in [0.1, 0.15) is 30.7 Å². The number of hydrogen-bond acceptors (Lipinski definition) is 1. The zero-order chi connectivity index (χ0) is 10.3. The Labute approximate surface area is 89.7 Å². The van der Waals surface area contributed by atoms with Gasteiger partial charge in [0.1, 0.15) is 0 Å². The summed E-state index contributed by atoms with van der Waals surface area (Å²) < 4.78 is 0. The van der Waals surface area contributed by atoms with Crippen LogP contribution in [-0.4, -0.2) is 11.9 Å². The monoisotopic (exact) mass is 201 g/mol. The number of carbonyl (C=O) groups excluding carboxylic acids is 1. The number of nitrogens with one attached hydrogen (secondary N) is 1. The zero-order valence-electron chi connectivity index (χ0n) is 8.65. The summed E-state index contributed by atoms with van der Waals surface area (Å²) >= 11 is 0. The highest BCUT2D eigenvalue weighted by atomic mass is 16.2. The second-order valence-electron chi connectivity index (χ2n) is 4.64. The molecule has 2 nitrogen and oxygen atoms in total. The second-order valence-corrected chi connectivity index (χ2v) is 4.64. The van der Waals surface area contributed by atoms with Gasteiger partial charge in [0.25, 0.3) is 0 Å². The Kier molecular flexibility index (Phi) is 2.01. The van der Waals surface area contributed by atoms with Crippen LogP contribution in [-0.2, 0) is 4.79 Å². The van der Waals surface area contributed by atoms with E-state index in [0.29, 0.717) is 17.9 Å². The van der Waals surface area contributed by atoms with Gasteiger partial charge in [-0.15, -0.1) is 0 Å². The lowest BCUT2D eigenvalue weighted by molar-refractivity contribution is -0.122. The average Bonchev–Trinajstić information content (AvgIpc) is 3.14. The minimum absolute atomic E-state index is 0.276. The summed E-state index contributed by atoms with van der Waals surface area (Å²) in [5.41, 5.74) is 1.36. The highest BCUT2D eigenvalue weighted by Crippen LogP contribution is 2.41. The smallest absolute Gasteiger partial charge is 0.223 e. The topological polar surface area (TPSA) is 29.1 Å². The van der Waals surface area contributed by atoms with Crippen LogP contribution in [0.4, 0.5) is 0 Å². The first-order chi connectivity index (χ1) is 7.34. The van der Waals surface area contributed by atoms with Crippen LogP contribution in [0.15, 0.2) is 30.3 Å². The molecule has 0 aliphatic heterocycles. The van der Waals surface area contributed by atoms with Gasteiger partial charge in [-0.05, 0) is 24.8 Å². The standard InChI is InChI=1S/C13H15NO/c15-13(10-6-7-10)14-12-8-11(12)9-4-2-1-3-5-9/h1-5,10-12H,6-8H2,(H,14,15)/t11-,12-/m1/s1. The summed E-state index contributed by atoms with van der Waals surface area (Å²) in [5.74, 6) is 1.18. The Balaban J connectivity index is 1.57. The minimum atomic E-state index is 0.276. The second kappa shape index (κ2) is 3.37. The van der Waals surface area contributed by atoms with Gasteiger partial charge >= 0.3 is 0 Å². The van der Waals surface area contributed by atoms with Crippen molar-refractivity contribution in [2.45, 2.75) is 31.2 Å². The molecular formula is C13H15NO. The molecule has 0 spiro atoms. The molecule has 0 heterocycles. The molecule has 0 aromatic heterocycles. The molecule has 1 aromatic carbocycles. The van der Waals surface area contributed by atoms with E-state index in [4.69, 9.17) is 0 Å². The van der Waals surface area contributed by atoms with Gasteiger partial charge in [0.15, 0.2) is 0 Å². The fourth-order valence-electron chi connectivity index (χ4n) is 2.07. The van der Waals surface area contributed by atoms with Crippen molar-refractivity contribution in [1.82, 2.24) is 5.32 Å². The molecule has 2 aliphatic rings. The number of benzene rings is 1. The third kappa shape index (κ3) is 1.89. The highest BCUT2D eigenvalue weighted by molar-refractivity contribution is 5.81. The maximum absolute atomic E-state index is 11.5. The van der Waals surface area contributed by atoms with Crippen molar-refractivity contribution < 1.29 is 4.79 Å². The van der Waals surface area contributed by atoms with Gasteiger partial charge in [0, 0.05) is 17.9 Å². The Morgan fingerprint density at radius 2 is 1.93 bits per heavy atom. The summed E-state index contributed by atoms with van der Waals surface area (Å²) in [6.07, 6.45) is 3.30. The molecule has 0 bridgehead atoms.